The topological polar surface area (TPSA) is 49.4 Å². The molecule has 0 aliphatic carbocycles. The molecule has 0 fully saturated rings. The summed E-state index contributed by atoms with van der Waals surface area (Å²) in [4.78, 5) is 29.7. The Balaban J connectivity index is 1.85. The zero-order chi connectivity index (χ0) is 25.0. The van der Waals surface area contributed by atoms with Crippen LogP contribution in [0.5, 0.6) is 0 Å². The number of hydrogen-bond acceptors (Lipinski definition) is 3. The number of thioether (sulfide) groups is 1. The second-order valence-electron chi connectivity index (χ2n) is 8.58. The maximum absolute atomic E-state index is 13.6. The lowest BCUT2D eigenvalue weighted by Gasteiger charge is -2.32. The molecule has 0 bridgehead atoms. The van der Waals surface area contributed by atoms with E-state index in [0.29, 0.717) is 18.6 Å². The van der Waals surface area contributed by atoms with E-state index in [-0.39, 0.29) is 30.2 Å². The van der Waals surface area contributed by atoms with Gasteiger partial charge in [0.25, 0.3) is 0 Å². The van der Waals surface area contributed by atoms with Gasteiger partial charge in [-0.25, -0.2) is 4.39 Å². The second-order valence-corrected chi connectivity index (χ2v) is 9.75. The van der Waals surface area contributed by atoms with Crippen molar-refractivity contribution in [3.63, 3.8) is 0 Å². The molecule has 0 aliphatic heterocycles. The summed E-state index contributed by atoms with van der Waals surface area (Å²) in [6, 6.07) is 25.1. The van der Waals surface area contributed by atoms with E-state index >= 15 is 0 Å². The van der Waals surface area contributed by atoms with Crippen LogP contribution in [0.2, 0.25) is 0 Å². The van der Waals surface area contributed by atoms with Crippen LogP contribution in [0.3, 0.4) is 0 Å². The molecular weight excluding hydrogens is 459 g/mol. The van der Waals surface area contributed by atoms with Gasteiger partial charge in [0.05, 0.1) is 0 Å². The average molecular weight is 493 g/mol. The van der Waals surface area contributed by atoms with Gasteiger partial charge in [-0.05, 0) is 48.7 Å². The van der Waals surface area contributed by atoms with Gasteiger partial charge in [0.15, 0.2) is 0 Å². The van der Waals surface area contributed by atoms with Crippen molar-refractivity contribution in [1.82, 2.24) is 10.2 Å². The number of amides is 2. The highest BCUT2D eigenvalue weighted by molar-refractivity contribution is 7.99. The van der Waals surface area contributed by atoms with Gasteiger partial charge >= 0.3 is 0 Å². The molecular formula is C29H33FN2O2S. The van der Waals surface area contributed by atoms with Crippen molar-refractivity contribution in [3.8, 4) is 0 Å². The molecule has 0 saturated heterocycles. The van der Waals surface area contributed by atoms with Crippen LogP contribution in [-0.4, -0.2) is 34.6 Å². The minimum atomic E-state index is -0.675. The van der Waals surface area contributed by atoms with Crippen molar-refractivity contribution in [1.29, 1.82) is 0 Å². The molecule has 2 atom stereocenters. The molecule has 6 heteroatoms. The van der Waals surface area contributed by atoms with E-state index < -0.39 is 6.04 Å². The number of benzene rings is 3. The third-order valence-corrected chi connectivity index (χ3v) is 6.88. The summed E-state index contributed by atoms with van der Waals surface area (Å²) < 4.78 is 13.5. The summed E-state index contributed by atoms with van der Waals surface area (Å²) in [5, 5.41) is 3.06. The fourth-order valence-corrected chi connectivity index (χ4v) is 4.56. The van der Waals surface area contributed by atoms with Gasteiger partial charge < -0.3 is 10.2 Å². The summed E-state index contributed by atoms with van der Waals surface area (Å²) in [6.07, 6.45) is 1.49. The van der Waals surface area contributed by atoms with Gasteiger partial charge in [-0.15, -0.1) is 11.8 Å². The van der Waals surface area contributed by atoms with Crippen molar-refractivity contribution in [2.75, 3.05) is 5.75 Å². The van der Waals surface area contributed by atoms with Crippen LogP contribution in [0, 0.1) is 5.82 Å². The Hall–Kier alpha value is -3.12. The Morgan fingerprint density at radius 1 is 0.914 bits per heavy atom. The molecule has 184 valence electrons. The first-order valence-corrected chi connectivity index (χ1v) is 13.0. The number of nitrogens with zero attached hydrogens (tertiary/aromatic N) is 1. The zero-order valence-corrected chi connectivity index (χ0v) is 21.1. The quantitative estimate of drug-likeness (QED) is 0.322. The lowest BCUT2D eigenvalue weighted by molar-refractivity contribution is -0.141. The first-order chi connectivity index (χ1) is 17.0. The van der Waals surface area contributed by atoms with Crippen LogP contribution < -0.4 is 5.32 Å². The molecule has 0 spiro atoms. The van der Waals surface area contributed by atoms with Gasteiger partial charge in [0.2, 0.25) is 11.8 Å². The third kappa shape index (κ3) is 8.55. The summed E-state index contributed by atoms with van der Waals surface area (Å²) >= 11 is 1.62. The molecule has 0 heterocycles. The summed E-state index contributed by atoms with van der Waals surface area (Å²) in [6.45, 7) is 4.21. The molecule has 0 unspecified atom stereocenters. The smallest absolute Gasteiger partial charge is 0.243 e. The molecule has 3 rings (SSSR count). The number of halogens is 1. The van der Waals surface area contributed by atoms with E-state index in [9.17, 15) is 14.0 Å². The minimum absolute atomic E-state index is 0.00261. The predicted octanol–water partition coefficient (Wildman–Crippen LogP) is 5.86. The molecule has 0 saturated carbocycles. The maximum atomic E-state index is 13.6. The highest BCUT2D eigenvalue weighted by Crippen LogP contribution is 2.21. The highest BCUT2D eigenvalue weighted by Gasteiger charge is 2.30. The van der Waals surface area contributed by atoms with Crippen molar-refractivity contribution >= 4 is 23.6 Å². The van der Waals surface area contributed by atoms with Crippen LogP contribution in [0.15, 0.2) is 89.8 Å². The predicted molar refractivity (Wildman–Crippen MR) is 141 cm³/mol. The molecule has 0 aliphatic rings. The van der Waals surface area contributed by atoms with Gasteiger partial charge in [-0.1, -0.05) is 67.6 Å². The Labute approximate surface area is 211 Å². The van der Waals surface area contributed by atoms with Gasteiger partial charge in [-0.2, -0.15) is 0 Å². The van der Waals surface area contributed by atoms with Crippen LogP contribution in [0.1, 0.15) is 37.8 Å². The standard InChI is InChI=1S/C29H33FN2O2S/c1-3-22(2)31-29(34)27(20-23-10-6-4-7-11-23)32(21-24-14-16-25(30)17-15-24)28(33)18-19-35-26-12-8-5-9-13-26/h4-17,22,27H,3,18-21H2,1-2H3,(H,31,34)/t22-,27-/m1/s1. The first-order valence-electron chi connectivity index (χ1n) is 12.0. The molecule has 2 amide bonds. The second kappa shape index (κ2) is 13.7. The molecule has 0 radical (unpaired) electrons. The van der Waals surface area contributed by atoms with Crippen LogP contribution >= 0.6 is 11.8 Å². The number of carbonyl (C=O) groups excluding carboxylic acids is 2. The molecule has 3 aromatic rings. The molecule has 35 heavy (non-hydrogen) atoms. The zero-order valence-electron chi connectivity index (χ0n) is 20.3. The third-order valence-electron chi connectivity index (χ3n) is 5.87. The van der Waals surface area contributed by atoms with E-state index in [1.807, 2.05) is 74.5 Å². The van der Waals surface area contributed by atoms with E-state index in [1.165, 1.54) is 12.1 Å². The van der Waals surface area contributed by atoms with Crippen LogP contribution in [-0.2, 0) is 22.6 Å². The number of nitrogens with one attached hydrogen (secondary N) is 1. The van der Waals surface area contributed by atoms with E-state index in [4.69, 9.17) is 0 Å². The van der Waals surface area contributed by atoms with Crippen molar-refractivity contribution in [3.05, 3.63) is 102 Å². The fraction of sp³-hybridized carbons (Fsp3) is 0.310. The lowest BCUT2D eigenvalue weighted by Crippen LogP contribution is -2.52. The normalized spacial score (nSPS) is 12.5. The Morgan fingerprint density at radius 2 is 1.54 bits per heavy atom. The summed E-state index contributed by atoms with van der Waals surface area (Å²) in [7, 11) is 0. The van der Waals surface area contributed by atoms with Gasteiger partial charge in [0.1, 0.15) is 11.9 Å². The Bertz CT molecular complexity index is 1060. The SMILES string of the molecule is CC[C@@H](C)NC(=O)[C@@H](Cc1ccccc1)N(Cc1ccc(F)cc1)C(=O)CCSc1ccccc1. The summed E-state index contributed by atoms with van der Waals surface area (Å²) in [5.41, 5.74) is 1.76. The molecule has 4 nitrogen and oxygen atoms in total. The van der Waals surface area contributed by atoms with Gasteiger partial charge in [-0.3, -0.25) is 9.59 Å². The van der Waals surface area contributed by atoms with Crippen molar-refractivity contribution in [2.24, 2.45) is 0 Å². The van der Waals surface area contributed by atoms with E-state index in [0.717, 1.165) is 22.4 Å². The fourth-order valence-electron chi connectivity index (χ4n) is 3.70. The van der Waals surface area contributed by atoms with Crippen molar-refractivity contribution < 1.29 is 14.0 Å². The Morgan fingerprint density at radius 3 is 2.17 bits per heavy atom. The highest BCUT2D eigenvalue weighted by atomic mass is 32.2. The monoisotopic (exact) mass is 492 g/mol. The molecule has 1 N–H and O–H groups in total. The first kappa shape index (κ1) is 26.5. The van der Waals surface area contributed by atoms with Gasteiger partial charge in [0, 0.05) is 36.1 Å². The number of carbonyl (C=O) groups is 2. The lowest BCUT2D eigenvalue weighted by atomic mass is 10.0. The van der Waals surface area contributed by atoms with Crippen LogP contribution in [0.4, 0.5) is 4.39 Å². The molecule has 3 aromatic carbocycles. The van der Waals surface area contributed by atoms with Crippen molar-refractivity contribution in [2.45, 2.75) is 56.6 Å². The average Bonchev–Trinajstić information content (AvgIpc) is 2.88. The van der Waals surface area contributed by atoms with Crippen LogP contribution in [0.25, 0.3) is 0 Å². The largest absolute Gasteiger partial charge is 0.352 e. The number of hydrogen-bond donors (Lipinski definition) is 1. The van der Waals surface area contributed by atoms with E-state index in [1.54, 1.807) is 28.8 Å². The molecule has 0 aromatic heterocycles. The van der Waals surface area contributed by atoms with E-state index in [2.05, 4.69) is 5.32 Å². The summed E-state index contributed by atoms with van der Waals surface area (Å²) in [5.74, 6) is 0.00182. The minimum Gasteiger partial charge on any atom is -0.352 e. The Kier molecular flexibility index (Phi) is 10.4. The maximum Gasteiger partial charge on any atom is 0.243 e. The number of rotatable bonds is 12.